The van der Waals surface area contributed by atoms with Crippen LogP contribution >= 0.6 is 0 Å². The van der Waals surface area contributed by atoms with E-state index >= 15 is 0 Å². The van der Waals surface area contributed by atoms with Gasteiger partial charge in [0.25, 0.3) is 15.9 Å². The summed E-state index contributed by atoms with van der Waals surface area (Å²) in [5.41, 5.74) is 2.37. The number of anilines is 2. The highest BCUT2D eigenvalue weighted by atomic mass is 32.2. The van der Waals surface area contributed by atoms with E-state index in [9.17, 15) is 17.6 Å². The van der Waals surface area contributed by atoms with Crippen LogP contribution in [0.25, 0.3) is 10.8 Å². The molecule has 0 saturated carbocycles. The second-order valence-electron chi connectivity index (χ2n) is 6.19. The van der Waals surface area contributed by atoms with Gasteiger partial charge in [0, 0.05) is 21.7 Å². The maximum Gasteiger partial charge on any atom is 0.259 e. The number of hydrogen-bond acceptors (Lipinski definition) is 3. The van der Waals surface area contributed by atoms with Crippen LogP contribution in [0.15, 0.2) is 66.6 Å². The topological polar surface area (TPSA) is 66.5 Å². The normalized spacial score (nSPS) is 13.2. The molecule has 0 radical (unpaired) electrons. The van der Waals surface area contributed by atoms with Crippen LogP contribution in [0.4, 0.5) is 15.8 Å². The molecule has 27 heavy (non-hydrogen) atoms. The first-order chi connectivity index (χ1) is 12.9. The van der Waals surface area contributed by atoms with Gasteiger partial charge >= 0.3 is 0 Å². The number of hydrogen-bond donors (Lipinski definition) is 1. The van der Waals surface area contributed by atoms with E-state index in [1.54, 1.807) is 47.4 Å². The minimum absolute atomic E-state index is 0.177. The SMILES string of the molecule is C=CS(=O)(=O)Nc1ccc2c3c(cccc13)C(=O)N2Cc1ccc(F)cc1. The van der Waals surface area contributed by atoms with Gasteiger partial charge in [-0.15, -0.1) is 0 Å². The van der Waals surface area contributed by atoms with Crippen LogP contribution in [0.5, 0.6) is 0 Å². The zero-order valence-electron chi connectivity index (χ0n) is 14.1. The second-order valence-corrected chi connectivity index (χ2v) is 7.82. The van der Waals surface area contributed by atoms with E-state index in [0.29, 0.717) is 34.3 Å². The van der Waals surface area contributed by atoms with Gasteiger partial charge in [-0.1, -0.05) is 30.8 Å². The predicted molar refractivity (Wildman–Crippen MR) is 104 cm³/mol. The molecule has 1 heterocycles. The first kappa shape index (κ1) is 17.2. The number of nitrogens with one attached hydrogen (secondary N) is 1. The number of carbonyl (C=O) groups excluding carboxylic acids is 1. The Morgan fingerprint density at radius 3 is 2.52 bits per heavy atom. The lowest BCUT2D eigenvalue weighted by Gasteiger charge is -2.18. The zero-order valence-corrected chi connectivity index (χ0v) is 15.0. The standard InChI is InChI=1S/C20H15FN2O3S/c1-2-27(25,26)22-17-10-11-18-19-15(17)4-3-5-16(19)20(24)23(18)12-13-6-8-14(21)9-7-13/h2-11,22H,1,12H2. The van der Waals surface area contributed by atoms with Gasteiger partial charge in [0.2, 0.25) is 0 Å². The summed E-state index contributed by atoms with van der Waals surface area (Å²) < 4.78 is 39.3. The van der Waals surface area contributed by atoms with Crippen molar-refractivity contribution in [1.82, 2.24) is 0 Å². The molecule has 5 nitrogen and oxygen atoms in total. The Bertz CT molecular complexity index is 1190. The number of nitrogens with zero attached hydrogens (tertiary/aromatic N) is 1. The Morgan fingerprint density at radius 2 is 1.81 bits per heavy atom. The van der Waals surface area contributed by atoms with Crippen LogP contribution < -0.4 is 9.62 Å². The molecule has 1 amide bonds. The highest BCUT2D eigenvalue weighted by Gasteiger charge is 2.30. The Kier molecular flexibility index (Phi) is 3.96. The number of amides is 1. The summed E-state index contributed by atoms with van der Waals surface area (Å²) in [6.45, 7) is 3.59. The highest BCUT2D eigenvalue weighted by molar-refractivity contribution is 7.95. The van der Waals surface area contributed by atoms with Crippen molar-refractivity contribution in [2.75, 3.05) is 9.62 Å². The van der Waals surface area contributed by atoms with Crippen molar-refractivity contribution in [1.29, 1.82) is 0 Å². The fraction of sp³-hybridized carbons (Fsp3) is 0.0500. The van der Waals surface area contributed by atoms with E-state index in [0.717, 1.165) is 11.0 Å². The van der Waals surface area contributed by atoms with E-state index in [1.165, 1.54) is 12.1 Å². The van der Waals surface area contributed by atoms with Crippen LogP contribution in [0.3, 0.4) is 0 Å². The van der Waals surface area contributed by atoms with Crippen molar-refractivity contribution in [3.63, 3.8) is 0 Å². The third-order valence-electron chi connectivity index (χ3n) is 4.51. The Morgan fingerprint density at radius 1 is 1.07 bits per heavy atom. The molecule has 0 fully saturated rings. The molecule has 1 aliphatic heterocycles. The van der Waals surface area contributed by atoms with Gasteiger partial charge in [-0.2, -0.15) is 0 Å². The molecule has 0 atom stereocenters. The number of halogens is 1. The molecule has 4 rings (SSSR count). The molecule has 0 spiro atoms. The Hall–Kier alpha value is -3.19. The molecule has 0 saturated heterocycles. The lowest BCUT2D eigenvalue weighted by atomic mass is 10.0. The summed E-state index contributed by atoms with van der Waals surface area (Å²) in [5.74, 6) is -0.514. The number of carbonyl (C=O) groups is 1. The third kappa shape index (κ3) is 2.96. The number of sulfonamides is 1. The molecule has 3 aromatic carbocycles. The van der Waals surface area contributed by atoms with Crippen LogP contribution in [-0.4, -0.2) is 14.3 Å². The summed E-state index contributed by atoms with van der Waals surface area (Å²) >= 11 is 0. The minimum Gasteiger partial charge on any atom is -0.303 e. The summed E-state index contributed by atoms with van der Waals surface area (Å²) in [5, 5.41) is 2.15. The summed E-state index contributed by atoms with van der Waals surface area (Å²) in [7, 11) is -3.67. The molecular formula is C20H15FN2O3S. The largest absolute Gasteiger partial charge is 0.303 e. The molecule has 1 N–H and O–H groups in total. The first-order valence-electron chi connectivity index (χ1n) is 8.17. The van der Waals surface area contributed by atoms with Crippen LogP contribution in [0, 0.1) is 5.82 Å². The van der Waals surface area contributed by atoms with Crippen molar-refractivity contribution in [2.45, 2.75) is 6.54 Å². The van der Waals surface area contributed by atoms with E-state index in [-0.39, 0.29) is 11.7 Å². The maximum atomic E-state index is 13.1. The fourth-order valence-electron chi connectivity index (χ4n) is 3.26. The highest BCUT2D eigenvalue weighted by Crippen LogP contribution is 2.41. The maximum absolute atomic E-state index is 13.1. The number of rotatable bonds is 5. The van der Waals surface area contributed by atoms with Crippen molar-refractivity contribution >= 4 is 38.1 Å². The van der Waals surface area contributed by atoms with E-state index < -0.39 is 10.0 Å². The molecule has 0 bridgehead atoms. The lowest BCUT2D eigenvalue weighted by Crippen LogP contribution is -2.26. The number of benzene rings is 3. The van der Waals surface area contributed by atoms with Gasteiger partial charge in [-0.3, -0.25) is 9.52 Å². The molecule has 3 aromatic rings. The molecule has 1 aliphatic rings. The first-order valence-corrected chi connectivity index (χ1v) is 9.71. The lowest BCUT2D eigenvalue weighted by molar-refractivity contribution is 0.0991. The molecule has 7 heteroatoms. The van der Waals surface area contributed by atoms with E-state index in [1.807, 2.05) is 0 Å². The molecule has 136 valence electrons. The Labute approximate surface area is 155 Å². The van der Waals surface area contributed by atoms with Gasteiger partial charge < -0.3 is 4.90 Å². The van der Waals surface area contributed by atoms with Crippen LogP contribution in [-0.2, 0) is 16.6 Å². The van der Waals surface area contributed by atoms with Crippen molar-refractivity contribution in [3.05, 3.63) is 83.5 Å². The van der Waals surface area contributed by atoms with Gasteiger partial charge in [0.05, 0.1) is 17.9 Å². The van der Waals surface area contributed by atoms with Crippen LogP contribution in [0.2, 0.25) is 0 Å². The van der Waals surface area contributed by atoms with Crippen molar-refractivity contribution < 1.29 is 17.6 Å². The zero-order chi connectivity index (χ0) is 19.2. The quantitative estimate of drug-likeness (QED) is 0.725. The van der Waals surface area contributed by atoms with Gasteiger partial charge in [0.1, 0.15) is 5.82 Å². The summed E-state index contributed by atoms with van der Waals surface area (Å²) in [6, 6.07) is 14.5. The minimum atomic E-state index is -3.67. The summed E-state index contributed by atoms with van der Waals surface area (Å²) in [6.07, 6.45) is 0. The molecule has 0 aromatic heterocycles. The average Bonchev–Trinajstić information content (AvgIpc) is 2.93. The third-order valence-corrected chi connectivity index (χ3v) is 5.45. The van der Waals surface area contributed by atoms with Gasteiger partial charge in [-0.25, -0.2) is 12.8 Å². The van der Waals surface area contributed by atoms with E-state index in [4.69, 9.17) is 0 Å². The van der Waals surface area contributed by atoms with E-state index in [2.05, 4.69) is 11.3 Å². The summed E-state index contributed by atoms with van der Waals surface area (Å²) in [4.78, 5) is 14.5. The molecular weight excluding hydrogens is 367 g/mol. The predicted octanol–water partition coefficient (Wildman–Crippen LogP) is 4.02. The molecule has 0 unspecified atom stereocenters. The Balaban J connectivity index is 1.81. The average molecular weight is 382 g/mol. The monoisotopic (exact) mass is 382 g/mol. The second kappa shape index (κ2) is 6.21. The fourth-order valence-corrected chi connectivity index (χ4v) is 3.83. The van der Waals surface area contributed by atoms with Crippen molar-refractivity contribution in [3.8, 4) is 0 Å². The van der Waals surface area contributed by atoms with Crippen molar-refractivity contribution in [2.24, 2.45) is 0 Å². The molecule has 0 aliphatic carbocycles. The van der Waals surface area contributed by atoms with Gasteiger partial charge in [0.15, 0.2) is 0 Å². The van der Waals surface area contributed by atoms with Gasteiger partial charge in [-0.05, 0) is 35.9 Å². The smallest absolute Gasteiger partial charge is 0.259 e. The van der Waals surface area contributed by atoms with Crippen LogP contribution in [0.1, 0.15) is 15.9 Å².